The molecule has 0 aliphatic carbocycles. The summed E-state index contributed by atoms with van der Waals surface area (Å²) in [6.45, 7) is -0.122. The van der Waals surface area contributed by atoms with Gasteiger partial charge < -0.3 is 11.1 Å². The minimum Gasteiger partial charge on any atom is -0.358 e. The van der Waals surface area contributed by atoms with Crippen LogP contribution < -0.4 is 11.1 Å². The van der Waals surface area contributed by atoms with Crippen molar-refractivity contribution < 1.29 is 18.0 Å². The van der Waals surface area contributed by atoms with E-state index < -0.39 is 24.7 Å². The highest BCUT2D eigenvalue weighted by molar-refractivity contribution is 5.81. The number of alkyl halides is 3. The van der Waals surface area contributed by atoms with Gasteiger partial charge in [-0.15, -0.1) is 0 Å². The zero-order chi connectivity index (χ0) is 13.8. The Morgan fingerprint density at radius 1 is 1.50 bits per heavy atom. The molecule has 0 bridgehead atoms. The van der Waals surface area contributed by atoms with E-state index in [1.54, 1.807) is 4.90 Å². The molecular weight excluding hydrogens is 247 g/mol. The minimum absolute atomic E-state index is 0.196. The van der Waals surface area contributed by atoms with Gasteiger partial charge in [0.15, 0.2) is 0 Å². The first kappa shape index (κ1) is 15.2. The lowest BCUT2D eigenvalue weighted by molar-refractivity contribution is -0.179. The Bertz CT molecular complexity index is 283. The van der Waals surface area contributed by atoms with Crippen molar-refractivity contribution in [3.63, 3.8) is 0 Å². The van der Waals surface area contributed by atoms with E-state index in [0.29, 0.717) is 13.0 Å². The number of hydrogen-bond acceptors (Lipinski definition) is 3. The van der Waals surface area contributed by atoms with Crippen molar-refractivity contribution in [2.45, 2.75) is 31.5 Å². The number of nitrogens with two attached hydrogens (primary N) is 1. The van der Waals surface area contributed by atoms with E-state index in [4.69, 9.17) is 5.73 Å². The molecule has 0 saturated carbocycles. The molecule has 1 aliphatic rings. The molecule has 0 aromatic heterocycles. The minimum atomic E-state index is -4.31. The van der Waals surface area contributed by atoms with E-state index in [2.05, 4.69) is 5.32 Å². The highest BCUT2D eigenvalue weighted by Gasteiger charge is 2.41. The maximum absolute atomic E-state index is 12.7. The molecule has 7 heteroatoms. The number of nitrogens with one attached hydrogen (secondary N) is 1. The van der Waals surface area contributed by atoms with Gasteiger partial charge in [-0.05, 0) is 19.4 Å². The fourth-order valence-electron chi connectivity index (χ4n) is 2.27. The monoisotopic (exact) mass is 267 g/mol. The Balaban J connectivity index is 2.69. The summed E-state index contributed by atoms with van der Waals surface area (Å²) in [6, 6.07) is -0.458. The molecule has 1 amide bonds. The average Bonchev–Trinajstić information content (AvgIpc) is 2.34. The lowest BCUT2D eigenvalue weighted by Crippen LogP contribution is -2.52. The topological polar surface area (TPSA) is 58.4 Å². The maximum atomic E-state index is 12.7. The SMILES string of the molecule is CNC(=O)C1CCCCN1CC(CN)C(F)(F)F. The first-order valence-corrected chi connectivity index (χ1v) is 6.12. The van der Waals surface area contributed by atoms with Crippen LogP contribution in [0.3, 0.4) is 0 Å². The van der Waals surface area contributed by atoms with Crippen LogP contribution in [0.15, 0.2) is 0 Å². The van der Waals surface area contributed by atoms with E-state index in [0.717, 1.165) is 12.8 Å². The number of piperidine rings is 1. The quantitative estimate of drug-likeness (QED) is 0.789. The van der Waals surface area contributed by atoms with Gasteiger partial charge in [0.25, 0.3) is 0 Å². The highest BCUT2D eigenvalue weighted by Crippen LogP contribution is 2.28. The van der Waals surface area contributed by atoms with Crippen molar-refractivity contribution in [3.8, 4) is 0 Å². The van der Waals surface area contributed by atoms with Crippen LogP contribution in [0.5, 0.6) is 0 Å². The van der Waals surface area contributed by atoms with Crippen LogP contribution in [0, 0.1) is 5.92 Å². The smallest absolute Gasteiger partial charge is 0.358 e. The summed E-state index contributed by atoms with van der Waals surface area (Å²) in [5, 5.41) is 2.50. The van der Waals surface area contributed by atoms with Crippen LogP contribution in [-0.4, -0.2) is 49.7 Å². The number of nitrogens with zero attached hydrogens (tertiary/aromatic N) is 1. The molecule has 2 unspecified atom stereocenters. The van der Waals surface area contributed by atoms with Crippen LogP contribution in [0.4, 0.5) is 13.2 Å². The molecule has 0 aromatic carbocycles. The Hall–Kier alpha value is -0.820. The molecule has 0 spiro atoms. The molecular formula is C11H20F3N3O. The largest absolute Gasteiger partial charge is 0.394 e. The lowest BCUT2D eigenvalue weighted by atomic mass is 9.99. The van der Waals surface area contributed by atoms with Gasteiger partial charge >= 0.3 is 6.18 Å². The molecule has 1 rings (SSSR count). The summed E-state index contributed by atoms with van der Waals surface area (Å²) in [4.78, 5) is 13.2. The number of rotatable bonds is 4. The molecule has 0 aromatic rings. The van der Waals surface area contributed by atoms with Gasteiger partial charge in [0.1, 0.15) is 0 Å². The van der Waals surface area contributed by atoms with Gasteiger partial charge in [0, 0.05) is 20.1 Å². The number of hydrogen-bond donors (Lipinski definition) is 2. The summed E-state index contributed by atoms with van der Waals surface area (Å²) in [5.41, 5.74) is 5.18. The van der Waals surface area contributed by atoms with Gasteiger partial charge in [0.05, 0.1) is 12.0 Å². The van der Waals surface area contributed by atoms with Crippen molar-refractivity contribution in [1.82, 2.24) is 10.2 Å². The second-order valence-electron chi connectivity index (χ2n) is 4.60. The fourth-order valence-corrected chi connectivity index (χ4v) is 2.27. The van der Waals surface area contributed by atoms with Crippen molar-refractivity contribution in [1.29, 1.82) is 0 Å². The molecule has 106 valence electrons. The lowest BCUT2D eigenvalue weighted by Gasteiger charge is -2.36. The third kappa shape index (κ3) is 3.84. The average molecular weight is 267 g/mol. The molecule has 1 saturated heterocycles. The summed E-state index contributed by atoms with van der Waals surface area (Å²) >= 11 is 0. The molecule has 18 heavy (non-hydrogen) atoms. The van der Waals surface area contributed by atoms with E-state index in [1.165, 1.54) is 7.05 Å². The van der Waals surface area contributed by atoms with E-state index >= 15 is 0 Å². The van der Waals surface area contributed by atoms with Crippen LogP contribution in [0.2, 0.25) is 0 Å². The predicted molar refractivity (Wildman–Crippen MR) is 61.9 cm³/mol. The third-order valence-corrected chi connectivity index (χ3v) is 3.37. The summed E-state index contributed by atoms with van der Waals surface area (Å²) in [6.07, 6.45) is -2.01. The van der Waals surface area contributed by atoms with Gasteiger partial charge in [-0.2, -0.15) is 13.2 Å². The third-order valence-electron chi connectivity index (χ3n) is 3.37. The number of carbonyl (C=O) groups is 1. The molecule has 1 heterocycles. The summed E-state index contributed by atoms with van der Waals surface area (Å²) < 4.78 is 38.0. The number of likely N-dealkylation sites (tertiary alicyclic amines) is 1. The number of halogens is 3. The van der Waals surface area contributed by atoms with Crippen molar-refractivity contribution in [2.75, 3.05) is 26.7 Å². The molecule has 0 radical (unpaired) electrons. The second-order valence-corrected chi connectivity index (χ2v) is 4.60. The Labute approximate surface area is 105 Å². The molecule has 4 nitrogen and oxygen atoms in total. The fraction of sp³-hybridized carbons (Fsp3) is 0.909. The summed E-state index contributed by atoms with van der Waals surface area (Å²) in [5.74, 6) is -1.78. The van der Waals surface area contributed by atoms with Gasteiger partial charge in [0.2, 0.25) is 5.91 Å². The molecule has 1 fully saturated rings. The second kappa shape index (κ2) is 6.38. The number of likely N-dealkylation sites (N-methyl/N-ethyl adjacent to an activating group) is 1. The maximum Gasteiger partial charge on any atom is 0.394 e. The van der Waals surface area contributed by atoms with Crippen molar-refractivity contribution >= 4 is 5.91 Å². The Morgan fingerprint density at radius 3 is 2.67 bits per heavy atom. The van der Waals surface area contributed by atoms with Crippen LogP contribution >= 0.6 is 0 Å². The number of carbonyl (C=O) groups excluding carboxylic acids is 1. The van der Waals surface area contributed by atoms with Gasteiger partial charge in [-0.25, -0.2) is 0 Å². The first-order valence-electron chi connectivity index (χ1n) is 6.12. The van der Waals surface area contributed by atoms with E-state index in [9.17, 15) is 18.0 Å². The van der Waals surface area contributed by atoms with Crippen molar-refractivity contribution in [2.24, 2.45) is 11.7 Å². The van der Waals surface area contributed by atoms with Crippen molar-refractivity contribution in [3.05, 3.63) is 0 Å². The predicted octanol–water partition coefficient (Wildman–Crippen LogP) is 0.724. The Morgan fingerprint density at radius 2 is 2.17 bits per heavy atom. The van der Waals surface area contributed by atoms with Gasteiger partial charge in [-0.1, -0.05) is 6.42 Å². The highest BCUT2D eigenvalue weighted by atomic mass is 19.4. The normalized spacial score (nSPS) is 23.7. The first-order chi connectivity index (χ1) is 8.40. The van der Waals surface area contributed by atoms with E-state index in [1.807, 2.05) is 0 Å². The molecule has 1 aliphatic heterocycles. The zero-order valence-electron chi connectivity index (χ0n) is 10.5. The van der Waals surface area contributed by atoms with E-state index in [-0.39, 0.29) is 12.5 Å². The van der Waals surface area contributed by atoms with Crippen LogP contribution in [0.1, 0.15) is 19.3 Å². The zero-order valence-corrected chi connectivity index (χ0v) is 10.5. The molecule has 2 atom stereocenters. The standard InChI is InChI=1S/C11H20F3N3O/c1-16-10(18)9-4-2-3-5-17(9)7-8(6-15)11(12,13)14/h8-9H,2-7,15H2,1H3,(H,16,18). The van der Waals surface area contributed by atoms with Crippen LogP contribution in [0.25, 0.3) is 0 Å². The Kier molecular flexibility index (Phi) is 5.40. The van der Waals surface area contributed by atoms with Crippen LogP contribution in [-0.2, 0) is 4.79 Å². The number of amides is 1. The summed E-state index contributed by atoms with van der Waals surface area (Å²) in [7, 11) is 1.50. The molecule has 3 N–H and O–H groups in total. The van der Waals surface area contributed by atoms with Gasteiger partial charge in [-0.3, -0.25) is 9.69 Å².